The molecule has 0 saturated carbocycles. The molecule has 0 fully saturated rings. The van der Waals surface area contributed by atoms with Crippen molar-refractivity contribution in [2.45, 2.75) is 59.2 Å². The number of aliphatic imine (C=N–C) groups is 1. The van der Waals surface area contributed by atoms with E-state index in [0.29, 0.717) is 0 Å². The van der Waals surface area contributed by atoms with Crippen LogP contribution in [0.1, 0.15) is 44.6 Å². The maximum Gasteiger partial charge on any atom is 0.410 e. The van der Waals surface area contributed by atoms with Crippen molar-refractivity contribution >= 4 is 23.4 Å². The molecule has 0 aliphatic carbocycles. The molecule has 1 aromatic rings. The fourth-order valence-electron chi connectivity index (χ4n) is 2.08. The minimum absolute atomic E-state index is 0.0694. The normalized spacial score (nSPS) is 13.3. The molecule has 1 aromatic heterocycles. The van der Waals surface area contributed by atoms with Gasteiger partial charge in [-0.25, -0.2) is 4.79 Å². The fraction of sp³-hybridized carbons (Fsp3) is 0.667. The van der Waals surface area contributed by atoms with Crippen molar-refractivity contribution in [2.24, 2.45) is 4.99 Å². The minimum Gasteiger partial charge on any atom is -0.444 e. The number of carbonyl (C=O) groups excluding carboxylic acids is 1. The number of guanidine groups is 1. The van der Waals surface area contributed by atoms with Crippen LogP contribution >= 0.6 is 11.3 Å². The van der Waals surface area contributed by atoms with Gasteiger partial charge in [-0.3, -0.25) is 4.99 Å². The highest BCUT2D eigenvalue weighted by Gasteiger charge is 2.22. The molecule has 7 heteroatoms. The van der Waals surface area contributed by atoms with Gasteiger partial charge in [0.05, 0.1) is 6.54 Å². The third kappa shape index (κ3) is 7.77. The van der Waals surface area contributed by atoms with Crippen LogP contribution in [0, 0.1) is 6.92 Å². The summed E-state index contributed by atoms with van der Waals surface area (Å²) in [6.45, 7) is 11.2. The summed E-state index contributed by atoms with van der Waals surface area (Å²) in [4.78, 5) is 19.2. The Hall–Kier alpha value is -1.76. The Morgan fingerprint density at radius 2 is 2.08 bits per heavy atom. The lowest BCUT2D eigenvalue weighted by atomic mass is 10.2. The fourth-order valence-corrected chi connectivity index (χ4v) is 2.92. The van der Waals surface area contributed by atoms with Gasteiger partial charge in [-0.2, -0.15) is 0 Å². The molecule has 1 heterocycles. The van der Waals surface area contributed by atoms with Crippen molar-refractivity contribution in [3.8, 4) is 0 Å². The quantitative estimate of drug-likeness (QED) is 0.597. The van der Waals surface area contributed by atoms with E-state index in [1.54, 1.807) is 30.3 Å². The number of thiophene rings is 1. The van der Waals surface area contributed by atoms with E-state index in [9.17, 15) is 4.79 Å². The molecule has 1 amide bonds. The van der Waals surface area contributed by atoms with Gasteiger partial charge in [0.25, 0.3) is 0 Å². The maximum atomic E-state index is 12.1. The lowest BCUT2D eigenvalue weighted by Crippen LogP contribution is -2.42. The van der Waals surface area contributed by atoms with E-state index in [1.807, 2.05) is 27.7 Å². The van der Waals surface area contributed by atoms with Crippen molar-refractivity contribution in [2.75, 3.05) is 20.6 Å². The summed E-state index contributed by atoms with van der Waals surface area (Å²) in [5, 5.41) is 8.70. The maximum absolute atomic E-state index is 12.1. The standard InChI is InChI=1S/C18H32N4O2S/c1-13-9-11-25-15(13)12-21-16(19-6)20-10-8-14(2)22(7)17(23)24-18(3,4)5/h9,11,14H,8,10,12H2,1-7H3,(H2,19,20,21). The molecule has 25 heavy (non-hydrogen) atoms. The molecule has 1 atom stereocenters. The molecule has 0 bridgehead atoms. The largest absolute Gasteiger partial charge is 0.444 e. The Morgan fingerprint density at radius 3 is 2.60 bits per heavy atom. The van der Waals surface area contributed by atoms with Crippen molar-refractivity contribution in [3.63, 3.8) is 0 Å². The number of rotatable bonds is 6. The number of hydrogen-bond donors (Lipinski definition) is 2. The summed E-state index contributed by atoms with van der Waals surface area (Å²) in [6.07, 6.45) is 0.504. The Labute approximate surface area is 155 Å². The zero-order chi connectivity index (χ0) is 19.0. The average Bonchev–Trinajstić information content (AvgIpc) is 2.93. The first kappa shape index (κ1) is 21.3. The summed E-state index contributed by atoms with van der Waals surface area (Å²) < 4.78 is 5.39. The SMILES string of the molecule is CN=C(NCCC(C)N(C)C(=O)OC(C)(C)C)NCc1sccc1C. The van der Waals surface area contributed by atoms with E-state index < -0.39 is 5.60 Å². The molecule has 0 aromatic carbocycles. The van der Waals surface area contributed by atoms with Gasteiger partial charge < -0.3 is 20.3 Å². The van der Waals surface area contributed by atoms with Gasteiger partial charge in [0.15, 0.2) is 5.96 Å². The lowest BCUT2D eigenvalue weighted by Gasteiger charge is -2.28. The molecule has 0 aliphatic rings. The van der Waals surface area contributed by atoms with Crippen LogP contribution in [-0.4, -0.2) is 49.2 Å². The van der Waals surface area contributed by atoms with Gasteiger partial charge in [0.1, 0.15) is 5.60 Å². The van der Waals surface area contributed by atoms with E-state index in [4.69, 9.17) is 4.74 Å². The molecule has 1 unspecified atom stereocenters. The summed E-state index contributed by atoms with van der Waals surface area (Å²) in [6, 6.07) is 2.19. The van der Waals surface area contributed by atoms with E-state index in [1.165, 1.54) is 10.4 Å². The van der Waals surface area contributed by atoms with E-state index in [2.05, 4.69) is 34.0 Å². The van der Waals surface area contributed by atoms with Crippen LogP contribution in [0.25, 0.3) is 0 Å². The number of carbonyl (C=O) groups is 1. The number of hydrogen-bond acceptors (Lipinski definition) is 4. The lowest BCUT2D eigenvalue weighted by molar-refractivity contribution is 0.0230. The van der Waals surface area contributed by atoms with Crippen molar-refractivity contribution in [1.29, 1.82) is 0 Å². The highest BCUT2D eigenvalue weighted by Crippen LogP contribution is 2.14. The van der Waals surface area contributed by atoms with Gasteiger partial charge in [0, 0.05) is 31.6 Å². The first-order valence-electron chi connectivity index (χ1n) is 8.57. The van der Waals surface area contributed by atoms with Crippen LogP contribution in [-0.2, 0) is 11.3 Å². The van der Waals surface area contributed by atoms with Gasteiger partial charge in [-0.1, -0.05) is 0 Å². The Balaban J connectivity index is 2.36. The molecule has 142 valence electrons. The molecule has 1 rings (SSSR count). The third-order valence-corrected chi connectivity index (χ3v) is 4.83. The van der Waals surface area contributed by atoms with Gasteiger partial charge in [-0.15, -0.1) is 11.3 Å². The summed E-state index contributed by atoms with van der Waals surface area (Å²) in [5.41, 5.74) is 0.815. The van der Waals surface area contributed by atoms with Crippen molar-refractivity contribution < 1.29 is 9.53 Å². The van der Waals surface area contributed by atoms with E-state index in [0.717, 1.165) is 25.5 Å². The minimum atomic E-state index is -0.477. The van der Waals surface area contributed by atoms with Crippen LogP contribution in [0.3, 0.4) is 0 Å². The zero-order valence-electron chi connectivity index (χ0n) is 16.5. The second-order valence-corrected chi connectivity index (χ2v) is 8.11. The van der Waals surface area contributed by atoms with E-state index >= 15 is 0 Å². The highest BCUT2D eigenvalue weighted by molar-refractivity contribution is 7.10. The van der Waals surface area contributed by atoms with Gasteiger partial charge in [-0.05, 0) is 58.0 Å². The smallest absolute Gasteiger partial charge is 0.410 e. The molecule has 6 nitrogen and oxygen atoms in total. The summed E-state index contributed by atoms with van der Waals surface area (Å²) in [5.74, 6) is 0.764. The first-order valence-corrected chi connectivity index (χ1v) is 9.45. The van der Waals surface area contributed by atoms with Gasteiger partial charge >= 0.3 is 6.09 Å². The highest BCUT2D eigenvalue weighted by atomic mass is 32.1. The van der Waals surface area contributed by atoms with Crippen LogP contribution in [0.15, 0.2) is 16.4 Å². The molecule has 0 aliphatic heterocycles. The zero-order valence-corrected chi connectivity index (χ0v) is 17.3. The average molecular weight is 369 g/mol. The predicted molar refractivity (Wildman–Crippen MR) is 105 cm³/mol. The number of nitrogens with zero attached hydrogens (tertiary/aromatic N) is 2. The van der Waals surface area contributed by atoms with Crippen LogP contribution in [0.4, 0.5) is 4.79 Å². The predicted octanol–water partition coefficient (Wildman–Crippen LogP) is 3.37. The van der Waals surface area contributed by atoms with Crippen LogP contribution in [0.5, 0.6) is 0 Å². The third-order valence-electron chi connectivity index (χ3n) is 3.81. The second kappa shape index (κ2) is 9.65. The number of nitrogens with one attached hydrogen (secondary N) is 2. The van der Waals surface area contributed by atoms with Gasteiger partial charge in [0.2, 0.25) is 0 Å². The molecule has 0 saturated heterocycles. The van der Waals surface area contributed by atoms with Crippen molar-refractivity contribution in [3.05, 3.63) is 21.9 Å². The number of ether oxygens (including phenoxy) is 1. The van der Waals surface area contributed by atoms with Crippen LogP contribution in [0.2, 0.25) is 0 Å². The first-order chi connectivity index (χ1) is 11.6. The Morgan fingerprint density at radius 1 is 1.40 bits per heavy atom. The molecule has 0 radical (unpaired) electrons. The molecule has 0 spiro atoms. The Bertz CT molecular complexity index is 578. The second-order valence-electron chi connectivity index (χ2n) is 7.11. The van der Waals surface area contributed by atoms with Crippen LogP contribution < -0.4 is 10.6 Å². The van der Waals surface area contributed by atoms with E-state index in [-0.39, 0.29) is 12.1 Å². The number of amides is 1. The molecular weight excluding hydrogens is 336 g/mol. The Kier molecular flexibility index (Phi) is 8.22. The molecular formula is C18H32N4O2S. The monoisotopic (exact) mass is 368 g/mol. The topological polar surface area (TPSA) is 66.0 Å². The number of aryl methyl sites for hydroxylation is 1. The van der Waals surface area contributed by atoms with Crippen molar-refractivity contribution in [1.82, 2.24) is 15.5 Å². The summed E-state index contributed by atoms with van der Waals surface area (Å²) >= 11 is 1.74. The molecule has 2 N–H and O–H groups in total. The summed E-state index contributed by atoms with van der Waals surface area (Å²) in [7, 11) is 3.53.